The van der Waals surface area contributed by atoms with Crippen LogP contribution in [0.3, 0.4) is 0 Å². The van der Waals surface area contributed by atoms with Crippen LogP contribution in [-0.2, 0) is 0 Å². The molecule has 4 nitrogen and oxygen atoms in total. The molecule has 0 aliphatic carbocycles. The van der Waals surface area contributed by atoms with E-state index in [4.69, 9.17) is 0 Å². The molecule has 0 bridgehead atoms. The molecule has 0 spiro atoms. The summed E-state index contributed by atoms with van der Waals surface area (Å²) in [6.45, 7) is 0. The second-order valence-corrected chi connectivity index (χ2v) is 23.3. The normalized spacial score (nSPS) is 11.6. The maximum atomic E-state index is 2.46. The van der Waals surface area contributed by atoms with Crippen molar-refractivity contribution in [2.24, 2.45) is 0 Å². The van der Waals surface area contributed by atoms with Crippen LogP contribution in [0.5, 0.6) is 0 Å². The number of hydrogen-bond donors (Lipinski definition) is 0. The molecule has 2 aromatic heterocycles. The Labute approximate surface area is 522 Å². The third-order valence-corrected chi connectivity index (χ3v) is 18.0. The van der Waals surface area contributed by atoms with Gasteiger partial charge in [0.25, 0.3) is 0 Å². The molecule has 0 fully saturated rings. The smallest absolute Gasteiger partial charge is 0.0542 e. The summed E-state index contributed by atoms with van der Waals surface area (Å²) in [6, 6.07) is 129. The summed E-state index contributed by atoms with van der Waals surface area (Å²) in [5, 5.41) is 12.0. The largest absolute Gasteiger partial charge is 0.310 e. The van der Waals surface area contributed by atoms with Crippen LogP contribution in [0.1, 0.15) is 0 Å². The van der Waals surface area contributed by atoms with Crippen molar-refractivity contribution in [1.82, 2.24) is 9.13 Å². The second-order valence-electron chi connectivity index (χ2n) is 23.3. The van der Waals surface area contributed by atoms with Crippen molar-refractivity contribution < 1.29 is 0 Å². The number of nitrogens with zero attached hydrogens (tertiary/aromatic N) is 4. The number of fused-ring (bicyclic) bond motifs is 6. The van der Waals surface area contributed by atoms with Gasteiger partial charge in [-0.25, -0.2) is 0 Å². The minimum absolute atomic E-state index is 1.07. The molecule has 0 aliphatic heterocycles. The van der Waals surface area contributed by atoms with Gasteiger partial charge in [0.15, 0.2) is 0 Å². The van der Waals surface area contributed by atoms with E-state index >= 15 is 0 Å². The molecule has 15 aromatic carbocycles. The average molecular weight is 1150 g/mol. The van der Waals surface area contributed by atoms with E-state index in [0.29, 0.717) is 0 Å². The first-order valence-electron chi connectivity index (χ1n) is 30.9. The lowest BCUT2D eigenvalue weighted by atomic mass is 9.99. The number of hydrogen-bond acceptors (Lipinski definition) is 2. The van der Waals surface area contributed by atoms with Crippen molar-refractivity contribution >= 4 is 99.0 Å². The number of rotatable bonds is 12. The summed E-state index contributed by atoms with van der Waals surface area (Å²) >= 11 is 0. The Hall–Kier alpha value is -12.0. The first kappa shape index (κ1) is 52.4. The highest BCUT2D eigenvalue weighted by atomic mass is 15.2. The van der Waals surface area contributed by atoms with Gasteiger partial charge in [0, 0.05) is 55.7 Å². The van der Waals surface area contributed by atoms with Crippen molar-refractivity contribution in [1.29, 1.82) is 0 Å². The highest BCUT2D eigenvalue weighted by molar-refractivity contribution is 6.04. The van der Waals surface area contributed by atoms with Gasteiger partial charge in [-0.1, -0.05) is 231 Å². The average Bonchev–Trinajstić information content (AvgIpc) is 1.64. The molecule has 0 saturated carbocycles. The van der Waals surface area contributed by atoms with Crippen molar-refractivity contribution in [2.75, 3.05) is 9.80 Å². The zero-order valence-corrected chi connectivity index (χ0v) is 49.3. The molecular formula is C86H58N4. The van der Waals surface area contributed by atoms with E-state index in [-0.39, 0.29) is 0 Å². The zero-order valence-electron chi connectivity index (χ0n) is 49.3. The van der Waals surface area contributed by atoms with E-state index in [2.05, 4.69) is 371 Å². The summed E-state index contributed by atoms with van der Waals surface area (Å²) in [5.41, 5.74) is 20.2. The van der Waals surface area contributed by atoms with Crippen molar-refractivity contribution in [3.05, 3.63) is 352 Å². The van der Waals surface area contributed by atoms with Crippen molar-refractivity contribution in [3.63, 3.8) is 0 Å². The van der Waals surface area contributed by atoms with Gasteiger partial charge in [0.2, 0.25) is 0 Å². The van der Waals surface area contributed by atoms with Crippen molar-refractivity contribution in [2.45, 2.75) is 0 Å². The molecular weight excluding hydrogens is 1090 g/mol. The predicted octanol–water partition coefficient (Wildman–Crippen LogP) is 23.8. The fourth-order valence-electron chi connectivity index (χ4n) is 13.6. The Morgan fingerprint density at radius 2 is 0.511 bits per heavy atom. The van der Waals surface area contributed by atoms with E-state index in [9.17, 15) is 0 Å². The van der Waals surface area contributed by atoms with Crippen LogP contribution >= 0.6 is 0 Å². The van der Waals surface area contributed by atoms with Gasteiger partial charge in [-0.2, -0.15) is 0 Å². The second kappa shape index (κ2) is 22.1. The van der Waals surface area contributed by atoms with Gasteiger partial charge in [0.1, 0.15) is 0 Å². The monoisotopic (exact) mass is 1150 g/mol. The first-order chi connectivity index (χ1) is 44.6. The van der Waals surface area contributed by atoms with E-state index in [0.717, 1.165) is 89.8 Å². The molecule has 2 heterocycles. The van der Waals surface area contributed by atoms with Crippen LogP contribution < -0.4 is 9.80 Å². The van der Waals surface area contributed by atoms with Gasteiger partial charge in [0.05, 0.1) is 33.8 Å². The van der Waals surface area contributed by atoms with Crippen LogP contribution in [0.2, 0.25) is 0 Å². The van der Waals surface area contributed by atoms with Crippen molar-refractivity contribution in [3.8, 4) is 56.1 Å². The molecule has 0 unspecified atom stereocenters. The van der Waals surface area contributed by atoms with E-state index in [1.807, 2.05) is 0 Å². The zero-order chi connectivity index (χ0) is 59.5. The molecule has 422 valence electrons. The number of aromatic nitrogens is 2. The van der Waals surface area contributed by atoms with Gasteiger partial charge in [-0.05, 0) is 187 Å². The maximum absolute atomic E-state index is 2.46. The molecule has 90 heavy (non-hydrogen) atoms. The molecule has 0 aliphatic rings. The maximum Gasteiger partial charge on any atom is 0.0542 e. The highest BCUT2D eigenvalue weighted by Gasteiger charge is 2.22. The van der Waals surface area contributed by atoms with Crippen LogP contribution in [0, 0.1) is 0 Å². The fraction of sp³-hybridized carbons (Fsp3) is 0. The third kappa shape index (κ3) is 9.34. The Kier molecular flexibility index (Phi) is 12.8. The quantitative estimate of drug-likeness (QED) is 0.121. The van der Waals surface area contributed by atoms with Crippen LogP contribution in [0.4, 0.5) is 34.1 Å². The highest BCUT2D eigenvalue weighted by Crippen LogP contribution is 2.44. The van der Waals surface area contributed by atoms with E-state index in [1.165, 1.54) is 65.3 Å². The third-order valence-electron chi connectivity index (χ3n) is 18.0. The molecule has 0 saturated heterocycles. The molecule has 17 rings (SSSR count). The Morgan fingerprint density at radius 1 is 0.189 bits per heavy atom. The van der Waals surface area contributed by atoms with E-state index in [1.54, 1.807) is 0 Å². The standard InChI is InChI=1S/C86H58N4/c1-3-25-73(26-4-1)87(81-31-15-23-63-19-11-13-29-79(63)81)75-45-49-77(50-46-75)89-83(65-39-33-61(34-40-65)69-43-37-59-17-7-9-21-67(59)53-69)55-71-58-86-72(57-85(71)89)56-84(66-41-35-62(36-42-66)70-44-38-60-18-8-10-22-68(60)54-70)90(86)78-51-47-76(48-52-78)88(74-27-5-2-6-28-74)82-32-16-24-64-20-12-14-30-80(64)82/h1-58H. The van der Waals surface area contributed by atoms with Gasteiger partial charge >= 0.3 is 0 Å². The lowest BCUT2D eigenvalue weighted by Gasteiger charge is -2.27. The Bertz CT molecular complexity index is 5150. The topological polar surface area (TPSA) is 16.3 Å². The number of benzene rings is 15. The fourth-order valence-corrected chi connectivity index (χ4v) is 13.6. The molecule has 0 radical (unpaired) electrons. The molecule has 4 heteroatoms. The molecule has 0 amide bonds. The van der Waals surface area contributed by atoms with Crippen LogP contribution in [0.25, 0.3) is 121 Å². The van der Waals surface area contributed by atoms with Gasteiger partial charge in [-0.15, -0.1) is 0 Å². The Morgan fingerprint density at radius 3 is 0.922 bits per heavy atom. The SMILES string of the molecule is c1ccc(N(c2ccc(-n3c(-c4ccc(-c5ccc6ccccc6c5)cc4)cc4cc5c(cc(-c6ccc(-c7ccc8ccccc8c7)cc6)n5-c5ccc(N(c6ccccc6)c6cccc7ccccc67)cc5)cc43)cc2)c2cccc3ccccc23)cc1. The lowest BCUT2D eigenvalue weighted by molar-refractivity contribution is 1.13. The number of anilines is 6. The van der Waals surface area contributed by atoms with Gasteiger partial charge < -0.3 is 18.9 Å². The van der Waals surface area contributed by atoms with Crippen LogP contribution in [0.15, 0.2) is 352 Å². The summed E-state index contributed by atoms with van der Waals surface area (Å²) in [5.74, 6) is 0. The predicted molar refractivity (Wildman–Crippen MR) is 381 cm³/mol. The summed E-state index contributed by atoms with van der Waals surface area (Å²) < 4.78 is 4.92. The first-order valence-corrected chi connectivity index (χ1v) is 30.9. The number of para-hydroxylation sites is 2. The molecule has 0 atom stereocenters. The minimum atomic E-state index is 1.07. The molecule has 0 N–H and O–H groups in total. The summed E-state index contributed by atoms with van der Waals surface area (Å²) in [6.07, 6.45) is 0. The van der Waals surface area contributed by atoms with Crippen LogP contribution in [-0.4, -0.2) is 9.13 Å². The minimum Gasteiger partial charge on any atom is -0.310 e. The summed E-state index contributed by atoms with van der Waals surface area (Å²) in [4.78, 5) is 4.76. The molecule has 17 aromatic rings. The van der Waals surface area contributed by atoms with E-state index < -0.39 is 0 Å². The summed E-state index contributed by atoms with van der Waals surface area (Å²) in [7, 11) is 0. The Balaban J connectivity index is 0.839. The van der Waals surface area contributed by atoms with Gasteiger partial charge in [-0.3, -0.25) is 0 Å². The lowest BCUT2D eigenvalue weighted by Crippen LogP contribution is -2.10.